The van der Waals surface area contributed by atoms with Gasteiger partial charge < -0.3 is 10.1 Å². The van der Waals surface area contributed by atoms with Crippen LogP contribution in [0.2, 0.25) is 0 Å². The number of carbonyl (C=O) groups is 1. The first-order valence-electron chi connectivity index (χ1n) is 10.5. The summed E-state index contributed by atoms with van der Waals surface area (Å²) in [4.78, 5) is 13.1. The summed E-state index contributed by atoms with van der Waals surface area (Å²) in [6, 6.07) is 21.7. The summed E-state index contributed by atoms with van der Waals surface area (Å²) in [5, 5.41) is 11.2. The van der Waals surface area contributed by atoms with Gasteiger partial charge in [0.25, 0.3) is 0 Å². The number of carbonyl (C=O) groups excluding carboxylic acids is 1. The number of sulfonamides is 1. The molecule has 1 aliphatic heterocycles. The van der Waals surface area contributed by atoms with E-state index < -0.39 is 16.1 Å². The number of rotatable bonds is 7. The van der Waals surface area contributed by atoms with Gasteiger partial charge in [-0.15, -0.1) is 0 Å². The van der Waals surface area contributed by atoms with Crippen molar-refractivity contribution >= 4 is 33.0 Å². The van der Waals surface area contributed by atoms with Crippen molar-refractivity contribution in [2.75, 3.05) is 19.0 Å². The largest absolute Gasteiger partial charge is 0.497 e. The molecule has 3 aromatic rings. The molecule has 1 saturated heterocycles. The van der Waals surface area contributed by atoms with Crippen molar-refractivity contribution in [3.05, 3.63) is 78.9 Å². The first-order valence-corrected chi connectivity index (χ1v) is 11.9. The highest BCUT2D eigenvalue weighted by molar-refractivity contribution is 7.89. The predicted octanol–water partition coefficient (Wildman–Crippen LogP) is 4.90. The molecule has 1 unspecified atom stereocenters. The lowest BCUT2D eigenvalue weighted by molar-refractivity contribution is -0.119. The molecule has 0 bridgehead atoms. The molecule has 0 spiro atoms. The Balaban J connectivity index is 1.43. The molecule has 1 N–H and O–H groups in total. The predicted molar refractivity (Wildman–Crippen MR) is 126 cm³/mol. The second kappa shape index (κ2) is 9.93. The average Bonchev–Trinajstić information content (AvgIpc) is 3.36. The molecule has 170 valence electrons. The Kier molecular flexibility index (Phi) is 6.81. The van der Waals surface area contributed by atoms with Crippen LogP contribution in [0, 0.1) is 0 Å². The molecule has 1 fully saturated rings. The minimum absolute atomic E-state index is 0.135. The summed E-state index contributed by atoms with van der Waals surface area (Å²) in [6.07, 6.45) is 1.08. The molecular formula is C24H24N4O4S. The van der Waals surface area contributed by atoms with Gasteiger partial charge in [0.1, 0.15) is 11.8 Å². The van der Waals surface area contributed by atoms with Crippen LogP contribution in [0.1, 0.15) is 12.8 Å². The summed E-state index contributed by atoms with van der Waals surface area (Å²) in [6.45, 7) is 0.297. The Labute approximate surface area is 193 Å². The van der Waals surface area contributed by atoms with E-state index in [1.807, 2.05) is 30.3 Å². The van der Waals surface area contributed by atoms with Crippen molar-refractivity contribution < 1.29 is 17.9 Å². The highest BCUT2D eigenvalue weighted by Gasteiger charge is 2.39. The standard InChI is InChI=1S/C24H24N4O4S/c1-32-21-13-15-22(16-14-21)33(30,31)28-17-5-8-23(28)24(29)25-18-9-11-20(12-10-18)27-26-19-6-3-2-4-7-19/h2-4,6-7,9-16,23H,5,8,17H2,1H3,(H,25,29). The molecule has 8 nitrogen and oxygen atoms in total. The number of ether oxygens (including phenoxy) is 1. The van der Waals surface area contributed by atoms with E-state index in [0.717, 1.165) is 5.69 Å². The van der Waals surface area contributed by atoms with Crippen molar-refractivity contribution in [1.82, 2.24) is 4.31 Å². The fourth-order valence-electron chi connectivity index (χ4n) is 3.62. The number of nitrogens with zero attached hydrogens (tertiary/aromatic N) is 3. The second-order valence-electron chi connectivity index (χ2n) is 7.52. The molecule has 1 amide bonds. The normalized spacial score (nSPS) is 16.7. The first-order chi connectivity index (χ1) is 16.0. The maximum absolute atomic E-state index is 13.1. The van der Waals surface area contributed by atoms with Gasteiger partial charge in [0.2, 0.25) is 15.9 Å². The lowest BCUT2D eigenvalue weighted by atomic mass is 10.2. The van der Waals surface area contributed by atoms with E-state index in [1.54, 1.807) is 36.4 Å². The second-order valence-corrected chi connectivity index (χ2v) is 9.41. The van der Waals surface area contributed by atoms with Gasteiger partial charge in [-0.1, -0.05) is 18.2 Å². The quantitative estimate of drug-likeness (QED) is 0.503. The van der Waals surface area contributed by atoms with Gasteiger partial charge in [0.15, 0.2) is 0 Å². The van der Waals surface area contributed by atoms with Crippen LogP contribution in [0.15, 0.2) is 94.0 Å². The lowest BCUT2D eigenvalue weighted by Crippen LogP contribution is -2.43. The van der Waals surface area contributed by atoms with Crippen LogP contribution in [0.3, 0.4) is 0 Å². The number of amides is 1. The highest BCUT2D eigenvalue weighted by Crippen LogP contribution is 2.28. The van der Waals surface area contributed by atoms with Gasteiger partial charge in [-0.25, -0.2) is 8.42 Å². The number of nitrogens with one attached hydrogen (secondary N) is 1. The average molecular weight is 465 g/mol. The third-order valence-corrected chi connectivity index (χ3v) is 7.27. The zero-order chi connectivity index (χ0) is 23.3. The van der Waals surface area contributed by atoms with E-state index in [9.17, 15) is 13.2 Å². The number of benzene rings is 3. The van der Waals surface area contributed by atoms with Crippen molar-refractivity contribution in [1.29, 1.82) is 0 Å². The summed E-state index contributed by atoms with van der Waals surface area (Å²) in [5.74, 6) is 0.208. The van der Waals surface area contributed by atoms with Crippen molar-refractivity contribution in [3.63, 3.8) is 0 Å². The molecule has 9 heteroatoms. The fraction of sp³-hybridized carbons (Fsp3) is 0.208. The van der Waals surface area contributed by atoms with Crippen LogP contribution in [0.4, 0.5) is 17.1 Å². The molecule has 4 rings (SSSR count). The zero-order valence-electron chi connectivity index (χ0n) is 18.1. The van der Waals surface area contributed by atoms with E-state index in [-0.39, 0.29) is 10.8 Å². The van der Waals surface area contributed by atoms with Crippen molar-refractivity contribution in [2.45, 2.75) is 23.8 Å². The molecule has 1 heterocycles. The van der Waals surface area contributed by atoms with Crippen molar-refractivity contribution in [2.24, 2.45) is 10.2 Å². The lowest BCUT2D eigenvalue weighted by Gasteiger charge is -2.23. The van der Waals surface area contributed by atoms with Crippen LogP contribution in [-0.2, 0) is 14.8 Å². The number of hydrogen-bond acceptors (Lipinski definition) is 6. The van der Waals surface area contributed by atoms with Crippen molar-refractivity contribution in [3.8, 4) is 5.75 Å². The van der Waals surface area contributed by atoms with Gasteiger partial charge in [-0.05, 0) is 73.5 Å². The van der Waals surface area contributed by atoms with Gasteiger partial charge >= 0.3 is 0 Å². The molecule has 1 aliphatic rings. The Hall–Kier alpha value is -3.56. The molecule has 0 radical (unpaired) electrons. The highest BCUT2D eigenvalue weighted by atomic mass is 32.2. The van der Waals surface area contributed by atoms with E-state index >= 15 is 0 Å². The minimum Gasteiger partial charge on any atom is -0.497 e. The molecular weight excluding hydrogens is 440 g/mol. The van der Waals surface area contributed by atoms with Gasteiger partial charge in [-0.3, -0.25) is 4.79 Å². The molecule has 0 saturated carbocycles. The van der Waals surface area contributed by atoms with Crippen LogP contribution >= 0.6 is 0 Å². The SMILES string of the molecule is COc1ccc(S(=O)(=O)N2CCCC2C(=O)Nc2ccc(N=Nc3ccccc3)cc2)cc1. The smallest absolute Gasteiger partial charge is 0.243 e. The Morgan fingerprint density at radius 3 is 2.21 bits per heavy atom. The maximum Gasteiger partial charge on any atom is 0.243 e. The zero-order valence-corrected chi connectivity index (χ0v) is 18.9. The summed E-state index contributed by atoms with van der Waals surface area (Å²) in [7, 11) is -2.28. The monoisotopic (exact) mass is 464 g/mol. The third kappa shape index (κ3) is 5.27. The Morgan fingerprint density at radius 1 is 0.939 bits per heavy atom. The van der Waals surface area contributed by atoms with Crippen LogP contribution in [0.25, 0.3) is 0 Å². The summed E-state index contributed by atoms with van der Waals surface area (Å²) >= 11 is 0. The number of hydrogen-bond donors (Lipinski definition) is 1. The van der Waals surface area contributed by atoms with E-state index in [2.05, 4.69) is 15.5 Å². The molecule has 33 heavy (non-hydrogen) atoms. The van der Waals surface area contributed by atoms with Gasteiger partial charge in [0.05, 0.1) is 23.4 Å². The fourth-order valence-corrected chi connectivity index (χ4v) is 5.28. The van der Waals surface area contributed by atoms with Crippen LogP contribution in [0.5, 0.6) is 5.75 Å². The van der Waals surface area contributed by atoms with Crippen LogP contribution < -0.4 is 10.1 Å². The van der Waals surface area contributed by atoms with E-state index in [4.69, 9.17) is 4.74 Å². The van der Waals surface area contributed by atoms with E-state index in [0.29, 0.717) is 36.5 Å². The van der Waals surface area contributed by atoms with E-state index in [1.165, 1.54) is 23.5 Å². The summed E-state index contributed by atoms with van der Waals surface area (Å²) in [5.41, 5.74) is 1.95. The first kappa shape index (κ1) is 22.6. The Bertz CT molecular complexity index is 1230. The Morgan fingerprint density at radius 2 is 1.58 bits per heavy atom. The number of methoxy groups -OCH3 is 1. The summed E-state index contributed by atoms with van der Waals surface area (Å²) < 4.78 is 32.6. The van der Waals surface area contributed by atoms with Gasteiger partial charge in [-0.2, -0.15) is 14.5 Å². The minimum atomic E-state index is -3.80. The van der Waals surface area contributed by atoms with Crippen LogP contribution in [-0.4, -0.2) is 38.3 Å². The third-order valence-electron chi connectivity index (χ3n) is 5.34. The maximum atomic E-state index is 13.1. The molecule has 0 aliphatic carbocycles. The molecule has 3 aromatic carbocycles. The number of anilines is 1. The molecule has 1 atom stereocenters. The topological polar surface area (TPSA) is 100 Å². The molecule has 0 aromatic heterocycles. The number of azo groups is 1. The van der Waals surface area contributed by atoms with Gasteiger partial charge in [0, 0.05) is 12.2 Å².